The van der Waals surface area contributed by atoms with Crippen molar-refractivity contribution in [2.45, 2.75) is 6.42 Å². The van der Waals surface area contributed by atoms with Crippen LogP contribution in [-0.2, 0) is 4.79 Å². The molecule has 0 aliphatic heterocycles. The first-order valence-electron chi connectivity index (χ1n) is 8.08. The van der Waals surface area contributed by atoms with Crippen LogP contribution in [0.3, 0.4) is 0 Å². The predicted molar refractivity (Wildman–Crippen MR) is 111 cm³/mol. The number of fused-ring (bicyclic) bond motifs is 1. The number of carbonyl (C=O) groups is 2. The van der Waals surface area contributed by atoms with Crippen LogP contribution in [0.2, 0.25) is 0 Å². The van der Waals surface area contributed by atoms with Crippen LogP contribution >= 0.6 is 22.6 Å². The molecule has 0 atom stereocenters. The van der Waals surface area contributed by atoms with Gasteiger partial charge in [0.2, 0.25) is 0 Å². The Bertz CT molecular complexity index is 1090. The maximum atomic E-state index is 12.4. The zero-order valence-corrected chi connectivity index (χ0v) is 16.6. The van der Waals surface area contributed by atoms with Gasteiger partial charge in [-0.1, -0.05) is 18.2 Å². The number of ketones is 2. The molecule has 0 spiro atoms. The summed E-state index contributed by atoms with van der Waals surface area (Å²) in [4.78, 5) is 36.5. The first-order chi connectivity index (χ1) is 13.0. The summed E-state index contributed by atoms with van der Waals surface area (Å²) in [5, 5.41) is 0.645. The maximum absolute atomic E-state index is 12.4. The molecule has 0 N–H and O–H groups in total. The minimum absolute atomic E-state index is 0.115. The Labute approximate surface area is 168 Å². The van der Waals surface area contributed by atoms with Crippen LogP contribution < -0.4 is 10.4 Å². The number of benzene rings is 2. The highest BCUT2D eigenvalue weighted by Gasteiger charge is 2.16. The van der Waals surface area contributed by atoms with Crippen molar-refractivity contribution in [3.05, 3.63) is 79.7 Å². The molecule has 0 unspecified atom stereocenters. The molecule has 1 heterocycles. The molecule has 3 rings (SSSR count). The third-order valence-corrected chi connectivity index (χ3v) is 4.58. The predicted octanol–water partition coefficient (Wildman–Crippen LogP) is 4.26. The van der Waals surface area contributed by atoms with Crippen LogP contribution in [0.25, 0.3) is 17.0 Å². The van der Waals surface area contributed by atoms with E-state index in [9.17, 15) is 14.4 Å². The van der Waals surface area contributed by atoms with Gasteiger partial charge in [0.15, 0.2) is 11.6 Å². The highest BCUT2D eigenvalue weighted by molar-refractivity contribution is 14.1. The Hall–Kier alpha value is -2.74. The number of carbonyl (C=O) groups excluding carboxylic acids is 2. The molecule has 0 saturated heterocycles. The highest BCUT2D eigenvalue weighted by atomic mass is 127. The van der Waals surface area contributed by atoms with Gasteiger partial charge >= 0.3 is 5.63 Å². The van der Waals surface area contributed by atoms with E-state index in [4.69, 9.17) is 9.15 Å². The first kappa shape index (κ1) is 19.0. The molecule has 27 heavy (non-hydrogen) atoms. The minimum Gasteiger partial charge on any atom is -0.497 e. The van der Waals surface area contributed by atoms with Gasteiger partial charge in [0.1, 0.15) is 16.9 Å². The summed E-state index contributed by atoms with van der Waals surface area (Å²) >= 11 is 2.13. The van der Waals surface area contributed by atoms with Crippen LogP contribution in [-0.4, -0.2) is 18.7 Å². The van der Waals surface area contributed by atoms with Crippen molar-refractivity contribution in [2.75, 3.05) is 7.11 Å². The Morgan fingerprint density at radius 2 is 1.85 bits per heavy atom. The van der Waals surface area contributed by atoms with E-state index in [2.05, 4.69) is 22.6 Å². The summed E-state index contributed by atoms with van der Waals surface area (Å²) in [6, 6.07) is 13.9. The van der Waals surface area contributed by atoms with Crippen LogP contribution in [0.5, 0.6) is 5.75 Å². The molecule has 5 nitrogen and oxygen atoms in total. The molecule has 0 aliphatic carbocycles. The molecule has 0 bridgehead atoms. The average Bonchev–Trinajstić information content (AvgIpc) is 2.66. The van der Waals surface area contributed by atoms with E-state index in [1.54, 1.807) is 55.7 Å². The summed E-state index contributed by atoms with van der Waals surface area (Å²) in [5.41, 5.74) is 0.357. The Kier molecular flexibility index (Phi) is 5.85. The Morgan fingerprint density at radius 3 is 2.56 bits per heavy atom. The van der Waals surface area contributed by atoms with Crippen LogP contribution in [0.4, 0.5) is 0 Å². The molecular weight excluding hydrogens is 459 g/mol. The second-order valence-electron chi connectivity index (χ2n) is 5.80. The number of hydrogen-bond acceptors (Lipinski definition) is 5. The Morgan fingerprint density at radius 1 is 1.11 bits per heavy atom. The van der Waals surface area contributed by atoms with E-state index in [0.29, 0.717) is 16.7 Å². The molecule has 3 aromatic rings. The summed E-state index contributed by atoms with van der Waals surface area (Å²) < 4.78 is 11.2. The van der Waals surface area contributed by atoms with Crippen LogP contribution in [0, 0.1) is 3.57 Å². The third-order valence-electron chi connectivity index (χ3n) is 3.91. The summed E-state index contributed by atoms with van der Waals surface area (Å²) in [5.74, 6) is -0.238. The van der Waals surface area contributed by atoms with E-state index in [1.807, 2.05) is 0 Å². The minimum atomic E-state index is -0.736. The summed E-state index contributed by atoms with van der Waals surface area (Å²) in [6.07, 6.45) is 2.54. The number of halogens is 1. The number of hydrogen-bond donors (Lipinski definition) is 0. The van der Waals surface area contributed by atoms with Gasteiger partial charge in [-0.2, -0.15) is 0 Å². The van der Waals surface area contributed by atoms with Gasteiger partial charge in [-0.05, 0) is 70.6 Å². The second-order valence-corrected chi connectivity index (χ2v) is 7.05. The molecule has 2 aromatic carbocycles. The van der Waals surface area contributed by atoms with Crippen molar-refractivity contribution in [3.63, 3.8) is 0 Å². The number of methoxy groups -OCH3 is 1. The first-order valence-corrected chi connectivity index (χ1v) is 9.16. The van der Waals surface area contributed by atoms with Crippen LogP contribution in [0.1, 0.15) is 22.3 Å². The topological polar surface area (TPSA) is 73.6 Å². The molecule has 1 aromatic heterocycles. The lowest BCUT2D eigenvalue weighted by atomic mass is 10.1. The van der Waals surface area contributed by atoms with Gasteiger partial charge < -0.3 is 9.15 Å². The van der Waals surface area contributed by atoms with E-state index < -0.39 is 23.6 Å². The summed E-state index contributed by atoms with van der Waals surface area (Å²) in [6.45, 7) is 0. The zero-order valence-electron chi connectivity index (χ0n) is 14.4. The molecular formula is C21H15IO5. The number of Topliss-reactive ketones (excluding diaryl/α,β-unsaturated/α-hetero) is 1. The van der Waals surface area contributed by atoms with Gasteiger partial charge in [0.05, 0.1) is 13.5 Å². The van der Waals surface area contributed by atoms with E-state index in [1.165, 1.54) is 12.1 Å². The van der Waals surface area contributed by atoms with Crippen molar-refractivity contribution in [1.82, 2.24) is 0 Å². The monoisotopic (exact) mass is 474 g/mol. The Balaban J connectivity index is 1.75. The lowest BCUT2D eigenvalue weighted by Gasteiger charge is -2.01. The summed E-state index contributed by atoms with van der Waals surface area (Å²) in [7, 11) is 1.57. The highest BCUT2D eigenvalue weighted by Crippen LogP contribution is 2.18. The molecule has 0 amide bonds. The lowest BCUT2D eigenvalue weighted by molar-refractivity contribution is -0.113. The van der Waals surface area contributed by atoms with Gasteiger partial charge in [-0.3, -0.25) is 9.59 Å². The lowest BCUT2D eigenvalue weighted by Crippen LogP contribution is -2.16. The molecule has 0 saturated carbocycles. The van der Waals surface area contributed by atoms with Gasteiger partial charge in [0.25, 0.3) is 0 Å². The van der Waals surface area contributed by atoms with E-state index >= 15 is 0 Å². The van der Waals surface area contributed by atoms with Crippen molar-refractivity contribution in [3.8, 4) is 5.75 Å². The quantitative estimate of drug-likeness (QED) is 0.176. The number of rotatable bonds is 6. The number of ether oxygens (including phenoxy) is 1. The zero-order chi connectivity index (χ0) is 19.4. The van der Waals surface area contributed by atoms with Crippen LogP contribution in [0.15, 0.2) is 63.8 Å². The van der Waals surface area contributed by atoms with Crippen molar-refractivity contribution in [1.29, 1.82) is 0 Å². The molecule has 0 fully saturated rings. The second kappa shape index (κ2) is 8.30. The van der Waals surface area contributed by atoms with Gasteiger partial charge in [-0.25, -0.2) is 4.79 Å². The molecule has 6 heteroatoms. The van der Waals surface area contributed by atoms with E-state index in [0.717, 1.165) is 9.13 Å². The van der Waals surface area contributed by atoms with Crippen molar-refractivity contribution in [2.24, 2.45) is 0 Å². The molecule has 136 valence electrons. The standard InChI is InChI=1S/C21H15IO5/c1-26-17-7-3-13(4-8-17)2-6-16(23)12-19(24)18-11-14-10-15(22)5-9-20(14)27-21(18)25/h2-11H,12H2,1H3. The molecule has 0 radical (unpaired) electrons. The van der Waals surface area contributed by atoms with Gasteiger partial charge in [-0.15, -0.1) is 0 Å². The maximum Gasteiger partial charge on any atom is 0.347 e. The molecule has 0 aliphatic rings. The normalized spacial score (nSPS) is 11.0. The fourth-order valence-electron chi connectivity index (χ4n) is 2.51. The van der Waals surface area contributed by atoms with E-state index in [-0.39, 0.29) is 5.56 Å². The van der Waals surface area contributed by atoms with Crippen molar-refractivity contribution < 1.29 is 18.7 Å². The number of allylic oxidation sites excluding steroid dienone is 1. The van der Waals surface area contributed by atoms with Crippen molar-refractivity contribution >= 4 is 51.2 Å². The third kappa shape index (κ3) is 4.71. The largest absolute Gasteiger partial charge is 0.497 e. The fraction of sp³-hybridized carbons (Fsp3) is 0.0952. The fourth-order valence-corrected chi connectivity index (χ4v) is 3.02. The smallest absolute Gasteiger partial charge is 0.347 e. The van der Waals surface area contributed by atoms with Gasteiger partial charge in [0, 0.05) is 8.96 Å². The SMILES string of the molecule is COc1ccc(C=CC(=O)CC(=O)c2cc3cc(I)ccc3oc2=O)cc1. The average molecular weight is 474 g/mol.